The molecule has 1 aliphatic heterocycles. The average molecular weight is 391 g/mol. The van der Waals surface area contributed by atoms with Crippen LogP contribution in [0.1, 0.15) is 16.7 Å². The number of halogens is 1. The van der Waals surface area contributed by atoms with Crippen molar-refractivity contribution in [1.29, 1.82) is 0 Å². The van der Waals surface area contributed by atoms with E-state index in [9.17, 15) is 4.39 Å². The second-order valence-corrected chi connectivity index (χ2v) is 7.38. The summed E-state index contributed by atoms with van der Waals surface area (Å²) < 4.78 is 13.8. The van der Waals surface area contributed by atoms with E-state index in [1.54, 1.807) is 18.3 Å². The molecule has 150 valence electrons. The van der Waals surface area contributed by atoms with Gasteiger partial charge in [-0.15, -0.1) is 0 Å². The molecule has 1 aromatic heterocycles. The average Bonchev–Trinajstić information content (AvgIpc) is 2.75. The van der Waals surface area contributed by atoms with Crippen molar-refractivity contribution in [2.75, 3.05) is 41.3 Å². The molecule has 0 radical (unpaired) electrons. The number of hydrogen-bond acceptors (Lipinski definition) is 5. The molecule has 5 nitrogen and oxygen atoms in total. The molecule has 0 unspecified atom stereocenters. The van der Waals surface area contributed by atoms with Crippen molar-refractivity contribution in [3.8, 4) is 0 Å². The van der Waals surface area contributed by atoms with E-state index in [1.807, 2.05) is 12.1 Å². The van der Waals surface area contributed by atoms with Crippen LogP contribution in [0.5, 0.6) is 0 Å². The van der Waals surface area contributed by atoms with Gasteiger partial charge in [0, 0.05) is 50.2 Å². The monoisotopic (exact) mass is 391 g/mol. The Morgan fingerprint density at radius 1 is 0.931 bits per heavy atom. The Labute approximate surface area is 171 Å². The topological polar surface area (TPSA) is 44.3 Å². The van der Waals surface area contributed by atoms with Gasteiger partial charge < -0.3 is 15.1 Å². The standard InChI is InChI=1S/C23H26FN5/c1-17-6-5-9-21(18(17)2)28-12-14-29(15-13-28)23-25-11-10-22(27-23)26-16-19-7-3-4-8-20(19)24/h3-11H,12-16H2,1-2H3,(H,25,26,27). The number of rotatable bonds is 5. The largest absolute Gasteiger partial charge is 0.368 e. The predicted octanol–water partition coefficient (Wildman–Crippen LogP) is 4.17. The molecule has 0 spiro atoms. The minimum atomic E-state index is -0.211. The Morgan fingerprint density at radius 2 is 1.69 bits per heavy atom. The third-order valence-electron chi connectivity index (χ3n) is 5.54. The van der Waals surface area contributed by atoms with Gasteiger partial charge in [0.2, 0.25) is 5.95 Å². The van der Waals surface area contributed by atoms with Crippen LogP contribution in [0.4, 0.5) is 21.8 Å². The van der Waals surface area contributed by atoms with Crippen molar-refractivity contribution in [3.63, 3.8) is 0 Å². The lowest BCUT2D eigenvalue weighted by Crippen LogP contribution is -2.47. The van der Waals surface area contributed by atoms with Gasteiger partial charge in [-0.05, 0) is 43.2 Å². The lowest BCUT2D eigenvalue weighted by atomic mass is 10.1. The van der Waals surface area contributed by atoms with Gasteiger partial charge in [-0.1, -0.05) is 30.3 Å². The molecular formula is C23H26FN5. The first-order valence-corrected chi connectivity index (χ1v) is 9.98. The van der Waals surface area contributed by atoms with Gasteiger partial charge in [-0.3, -0.25) is 0 Å². The van der Waals surface area contributed by atoms with E-state index in [1.165, 1.54) is 22.9 Å². The summed E-state index contributed by atoms with van der Waals surface area (Å²) in [5, 5.41) is 3.20. The van der Waals surface area contributed by atoms with E-state index in [-0.39, 0.29) is 5.82 Å². The van der Waals surface area contributed by atoms with Gasteiger partial charge in [0.15, 0.2) is 0 Å². The first-order valence-electron chi connectivity index (χ1n) is 9.98. The molecular weight excluding hydrogens is 365 g/mol. The molecule has 6 heteroatoms. The quantitative estimate of drug-likeness (QED) is 0.707. The van der Waals surface area contributed by atoms with E-state index >= 15 is 0 Å². The highest BCUT2D eigenvalue weighted by molar-refractivity contribution is 5.57. The first kappa shape index (κ1) is 19.2. The highest BCUT2D eigenvalue weighted by atomic mass is 19.1. The smallest absolute Gasteiger partial charge is 0.227 e. The summed E-state index contributed by atoms with van der Waals surface area (Å²) in [6, 6.07) is 15.1. The van der Waals surface area contributed by atoms with Crippen molar-refractivity contribution in [3.05, 3.63) is 77.2 Å². The molecule has 29 heavy (non-hydrogen) atoms. The summed E-state index contributed by atoms with van der Waals surface area (Å²) >= 11 is 0. The molecule has 0 atom stereocenters. The molecule has 1 aliphatic rings. The van der Waals surface area contributed by atoms with Gasteiger partial charge in [0.25, 0.3) is 0 Å². The number of aryl methyl sites for hydroxylation is 1. The summed E-state index contributed by atoms with van der Waals surface area (Å²) in [4.78, 5) is 13.7. The molecule has 0 aliphatic carbocycles. The zero-order chi connectivity index (χ0) is 20.2. The molecule has 2 heterocycles. The van der Waals surface area contributed by atoms with Crippen molar-refractivity contribution < 1.29 is 4.39 Å². The van der Waals surface area contributed by atoms with Crippen LogP contribution >= 0.6 is 0 Å². The molecule has 0 saturated carbocycles. The molecule has 3 aromatic rings. The van der Waals surface area contributed by atoms with Crippen LogP contribution in [0.25, 0.3) is 0 Å². The number of benzene rings is 2. The second-order valence-electron chi connectivity index (χ2n) is 7.38. The fraction of sp³-hybridized carbons (Fsp3) is 0.304. The second kappa shape index (κ2) is 8.47. The zero-order valence-electron chi connectivity index (χ0n) is 16.9. The fourth-order valence-corrected chi connectivity index (χ4v) is 3.65. The normalized spacial score (nSPS) is 14.2. The Hall–Kier alpha value is -3.15. The predicted molar refractivity (Wildman–Crippen MR) is 116 cm³/mol. The number of aromatic nitrogens is 2. The first-order chi connectivity index (χ1) is 14.1. The number of piperazine rings is 1. The van der Waals surface area contributed by atoms with Crippen molar-refractivity contribution >= 4 is 17.5 Å². The Kier molecular flexibility index (Phi) is 5.60. The van der Waals surface area contributed by atoms with Crippen LogP contribution in [-0.2, 0) is 6.54 Å². The summed E-state index contributed by atoms with van der Waals surface area (Å²) in [6.45, 7) is 8.33. The molecule has 1 fully saturated rings. The zero-order valence-corrected chi connectivity index (χ0v) is 16.9. The Morgan fingerprint density at radius 3 is 2.48 bits per heavy atom. The van der Waals surface area contributed by atoms with Crippen LogP contribution < -0.4 is 15.1 Å². The Bertz CT molecular complexity index is 983. The lowest BCUT2D eigenvalue weighted by molar-refractivity contribution is 0.612. The Balaban J connectivity index is 1.39. The number of anilines is 3. The highest BCUT2D eigenvalue weighted by Gasteiger charge is 2.20. The molecule has 1 N–H and O–H groups in total. The third-order valence-corrected chi connectivity index (χ3v) is 5.54. The summed E-state index contributed by atoms with van der Waals surface area (Å²) in [7, 11) is 0. The molecule has 4 rings (SSSR count). The van der Waals surface area contributed by atoms with Crippen LogP contribution in [0.2, 0.25) is 0 Å². The van der Waals surface area contributed by atoms with Crippen molar-refractivity contribution in [2.24, 2.45) is 0 Å². The molecule has 2 aromatic carbocycles. The van der Waals surface area contributed by atoms with Crippen LogP contribution in [-0.4, -0.2) is 36.1 Å². The van der Waals surface area contributed by atoms with Crippen LogP contribution in [0.15, 0.2) is 54.7 Å². The fourth-order valence-electron chi connectivity index (χ4n) is 3.65. The van der Waals surface area contributed by atoms with E-state index in [0.717, 1.165) is 26.2 Å². The maximum absolute atomic E-state index is 13.8. The summed E-state index contributed by atoms with van der Waals surface area (Å²) in [5.41, 5.74) is 4.60. The number of nitrogens with zero attached hydrogens (tertiary/aromatic N) is 4. The van der Waals surface area contributed by atoms with Gasteiger partial charge in [0.1, 0.15) is 11.6 Å². The van der Waals surface area contributed by atoms with Gasteiger partial charge in [-0.2, -0.15) is 4.98 Å². The van der Waals surface area contributed by atoms with E-state index in [0.29, 0.717) is 23.9 Å². The van der Waals surface area contributed by atoms with E-state index in [4.69, 9.17) is 0 Å². The molecule has 0 bridgehead atoms. The van der Waals surface area contributed by atoms with Crippen molar-refractivity contribution in [2.45, 2.75) is 20.4 Å². The van der Waals surface area contributed by atoms with Crippen LogP contribution in [0.3, 0.4) is 0 Å². The van der Waals surface area contributed by atoms with Crippen LogP contribution in [0, 0.1) is 19.7 Å². The van der Waals surface area contributed by atoms with Gasteiger partial charge in [-0.25, -0.2) is 9.37 Å². The maximum Gasteiger partial charge on any atom is 0.227 e. The molecule has 0 amide bonds. The third kappa shape index (κ3) is 4.31. The van der Waals surface area contributed by atoms with Gasteiger partial charge >= 0.3 is 0 Å². The van der Waals surface area contributed by atoms with E-state index in [2.05, 4.69) is 57.1 Å². The SMILES string of the molecule is Cc1cccc(N2CCN(c3nccc(NCc4ccccc4F)n3)CC2)c1C. The minimum Gasteiger partial charge on any atom is -0.368 e. The maximum atomic E-state index is 13.8. The highest BCUT2D eigenvalue weighted by Crippen LogP contribution is 2.24. The van der Waals surface area contributed by atoms with E-state index < -0.39 is 0 Å². The number of nitrogens with one attached hydrogen (secondary N) is 1. The lowest BCUT2D eigenvalue weighted by Gasteiger charge is -2.37. The summed E-state index contributed by atoms with van der Waals surface area (Å²) in [6.07, 6.45) is 1.75. The molecule has 1 saturated heterocycles. The number of hydrogen-bond donors (Lipinski definition) is 1. The minimum absolute atomic E-state index is 0.211. The van der Waals surface area contributed by atoms with Gasteiger partial charge in [0.05, 0.1) is 0 Å². The van der Waals surface area contributed by atoms with Crippen molar-refractivity contribution in [1.82, 2.24) is 9.97 Å². The summed E-state index contributed by atoms with van der Waals surface area (Å²) in [5.74, 6) is 1.20.